The van der Waals surface area contributed by atoms with E-state index >= 15 is 0 Å². The van der Waals surface area contributed by atoms with Gasteiger partial charge in [-0.1, -0.05) is 41.0 Å². The van der Waals surface area contributed by atoms with Crippen LogP contribution in [0.5, 0.6) is 0 Å². The molecule has 6 nitrogen and oxygen atoms in total. The highest BCUT2D eigenvalue weighted by Gasteiger charge is 2.36. The van der Waals surface area contributed by atoms with E-state index in [1.165, 1.54) is 29.2 Å². The van der Waals surface area contributed by atoms with Gasteiger partial charge in [-0.15, -0.1) is 0 Å². The maximum Gasteiger partial charge on any atom is 0.326 e. The fraction of sp³-hybridized carbons (Fsp3) is 0.115. The first-order valence-electron chi connectivity index (χ1n) is 10.7. The van der Waals surface area contributed by atoms with Crippen LogP contribution >= 0.6 is 11.6 Å². The normalized spacial score (nSPS) is 16.0. The molecule has 0 radical (unpaired) electrons. The molecule has 1 aliphatic rings. The average molecular weight is 493 g/mol. The average Bonchev–Trinajstić information content (AvgIpc) is 3.31. The molecule has 1 aliphatic heterocycles. The molecule has 0 bridgehead atoms. The van der Waals surface area contributed by atoms with E-state index in [2.05, 4.69) is 15.5 Å². The van der Waals surface area contributed by atoms with Gasteiger partial charge >= 0.3 is 6.03 Å². The molecule has 1 unspecified atom stereocenters. The van der Waals surface area contributed by atoms with Crippen molar-refractivity contribution in [1.29, 1.82) is 0 Å². The van der Waals surface area contributed by atoms with Crippen LogP contribution in [0.2, 0.25) is 5.02 Å². The van der Waals surface area contributed by atoms with Gasteiger partial charge in [0.15, 0.2) is 0 Å². The Morgan fingerprint density at radius 2 is 1.77 bits per heavy atom. The molecule has 4 aromatic rings. The van der Waals surface area contributed by atoms with Gasteiger partial charge in [0, 0.05) is 16.3 Å². The Balaban J connectivity index is 1.66. The van der Waals surface area contributed by atoms with Crippen molar-refractivity contribution in [1.82, 2.24) is 15.5 Å². The Bertz CT molecular complexity index is 1470. The van der Waals surface area contributed by atoms with Crippen LogP contribution in [-0.2, 0) is 0 Å². The van der Waals surface area contributed by atoms with Crippen LogP contribution in [0, 0.1) is 18.6 Å². The van der Waals surface area contributed by atoms with E-state index in [0.29, 0.717) is 33.1 Å². The Hall–Kier alpha value is -4.04. The molecule has 3 aromatic carbocycles. The smallest absolute Gasteiger partial charge is 0.326 e. The largest absolute Gasteiger partial charge is 0.334 e. The molecule has 1 N–H and O–H groups in total. The summed E-state index contributed by atoms with van der Waals surface area (Å²) < 4.78 is 33.0. The van der Waals surface area contributed by atoms with Crippen LogP contribution in [0.4, 0.5) is 19.3 Å². The number of amides is 2. The number of benzene rings is 3. The molecule has 2 amide bonds. The van der Waals surface area contributed by atoms with E-state index in [0.717, 1.165) is 5.56 Å². The SMILES string of the molecule is CC1=C(c2nc(-c3cccc(F)c3)no2)C(c2ccc(F)cc2)NC(=O)N1c1ccc(Cl)c(C)c1. The number of carbonyl (C=O) groups excluding carboxylic acids is 1. The topological polar surface area (TPSA) is 71.3 Å². The predicted molar refractivity (Wildman–Crippen MR) is 129 cm³/mol. The lowest BCUT2D eigenvalue weighted by atomic mass is 9.94. The second-order valence-corrected chi connectivity index (χ2v) is 8.54. The van der Waals surface area contributed by atoms with Crippen LogP contribution < -0.4 is 10.2 Å². The van der Waals surface area contributed by atoms with Crippen molar-refractivity contribution >= 4 is 28.9 Å². The zero-order valence-electron chi connectivity index (χ0n) is 18.7. The summed E-state index contributed by atoms with van der Waals surface area (Å²) in [6.07, 6.45) is 0. The molecule has 176 valence electrons. The van der Waals surface area contributed by atoms with Gasteiger partial charge in [0.25, 0.3) is 5.89 Å². The number of rotatable bonds is 4. The lowest BCUT2D eigenvalue weighted by Gasteiger charge is -2.35. The minimum atomic E-state index is -0.687. The van der Waals surface area contributed by atoms with E-state index in [1.807, 2.05) is 6.92 Å². The summed E-state index contributed by atoms with van der Waals surface area (Å²) in [5.41, 5.74) is 3.55. The van der Waals surface area contributed by atoms with Gasteiger partial charge < -0.3 is 9.84 Å². The third kappa shape index (κ3) is 4.28. The maximum absolute atomic E-state index is 13.7. The van der Waals surface area contributed by atoms with E-state index in [1.54, 1.807) is 49.4 Å². The number of nitrogens with zero attached hydrogens (tertiary/aromatic N) is 3. The molecule has 5 rings (SSSR count). The first kappa shape index (κ1) is 22.7. The van der Waals surface area contributed by atoms with E-state index < -0.39 is 17.7 Å². The Labute approximate surface area is 204 Å². The van der Waals surface area contributed by atoms with Crippen molar-refractivity contribution in [3.8, 4) is 11.4 Å². The first-order valence-corrected chi connectivity index (χ1v) is 11.1. The van der Waals surface area contributed by atoms with Crippen LogP contribution in [0.1, 0.15) is 30.0 Å². The fourth-order valence-electron chi connectivity index (χ4n) is 4.08. The number of hydrogen-bond acceptors (Lipinski definition) is 4. The van der Waals surface area contributed by atoms with Crippen LogP contribution in [-0.4, -0.2) is 16.2 Å². The number of halogens is 3. The van der Waals surface area contributed by atoms with Crippen LogP contribution in [0.15, 0.2) is 77.0 Å². The monoisotopic (exact) mass is 492 g/mol. The molecule has 0 saturated heterocycles. The number of hydrogen-bond donors (Lipinski definition) is 1. The summed E-state index contributed by atoms with van der Waals surface area (Å²) >= 11 is 6.18. The highest BCUT2D eigenvalue weighted by molar-refractivity contribution is 6.31. The number of nitrogens with one attached hydrogen (secondary N) is 1. The number of allylic oxidation sites excluding steroid dienone is 1. The summed E-state index contributed by atoms with van der Waals surface area (Å²) in [6.45, 7) is 3.61. The minimum absolute atomic E-state index is 0.145. The standard InChI is InChI=1S/C26H19ClF2N4O2/c1-14-12-20(10-11-21(14)27)33-15(2)22(23(30-26(33)34)16-6-8-18(28)9-7-16)25-31-24(32-35-25)17-4-3-5-19(29)13-17/h3-13,23H,1-2H3,(H,30,34). The summed E-state index contributed by atoms with van der Waals surface area (Å²) in [4.78, 5) is 19.2. The van der Waals surface area contributed by atoms with Gasteiger partial charge in [-0.05, 0) is 67.4 Å². The van der Waals surface area contributed by atoms with E-state index in [9.17, 15) is 13.6 Å². The van der Waals surface area contributed by atoms with Crippen LogP contribution in [0.3, 0.4) is 0 Å². The Kier molecular flexibility index (Phi) is 5.82. The van der Waals surface area contributed by atoms with Gasteiger partial charge in [-0.25, -0.2) is 13.6 Å². The molecule has 0 fully saturated rings. The second kappa shape index (κ2) is 8.96. The minimum Gasteiger partial charge on any atom is -0.334 e. The molecule has 0 aliphatic carbocycles. The third-order valence-electron chi connectivity index (χ3n) is 5.83. The van der Waals surface area contributed by atoms with Gasteiger partial charge in [0.1, 0.15) is 11.6 Å². The molecule has 9 heteroatoms. The van der Waals surface area contributed by atoms with Crippen molar-refractivity contribution in [2.45, 2.75) is 19.9 Å². The third-order valence-corrected chi connectivity index (χ3v) is 6.25. The number of urea groups is 1. The van der Waals surface area contributed by atoms with Crippen molar-refractivity contribution in [2.75, 3.05) is 4.90 Å². The molecule has 0 spiro atoms. The first-order chi connectivity index (χ1) is 16.8. The molecular weight excluding hydrogens is 474 g/mol. The van der Waals surface area contributed by atoms with Gasteiger partial charge in [0.2, 0.25) is 5.82 Å². The number of carbonyl (C=O) groups is 1. The van der Waals surface area contributed by atoms with Gasteiger partial charge in [-0.2, -0.15) is 4.98 Å². The quantitative estimate of drug-likeness (QED) is 0.345. The van der Waals surface area contributed by atoms with Gasteiger partial charge in [-0.3, -0.25) is 4.90 Å². The molecule has 0 saturated carbocycles. The lowest BCUT2D eigenvalue weighted by Crippen LogP contribution is -2.46. The molecule has 2 heterocycles. The Morgan fingerprint density at radius 1 is 1.00 bits per heavy atom. The summed E-state index contributed by atoms with van der Waals surface area (Å²) in [7, 11) is 0. The van der Waals surface area contributed by atoms with Gasteiger partial charge in [0.05, 0.1) is 17.3 Å². The summed E-state index contributed by atoms with van der Waals surface area (Å²) in [5.74, 6) is -0.486. The van der Waals surface area contributed by atoms with Crippen molar-refractivity contribution < 1.29 is 18.1 Å². The van der Waals surface area contributed by atoms with Crippen molar-refractivity contribution in [3.63, 3.8) is 0 Å². The maximum atomic E-state index is 13.7. The molecule has 35 heavy (non-hydrogen) atoms. The second-order valence-electron chi connectivity index (χ2n) is 8.14. The number of anilines is 1. The van der Waals surface area contributed by atoms with E-state index in [4.69, 9.17) is 16.1 Å². The lowest BCUT2D eigenvalue weighted by molar-refractivity contribution is 0.244. The highest BCUT2D eigenvalue weighted by Crippen LogP contribution is 2.39. The Morgan fingerprint density at radius 3 is 2.49 bits per heavy atom. The summed E-state index contributed by atoms with van der Waals surface area (Å²) in [5, 5.41) is 7.56. The molecule has 1 aromatic heterocycles. The predicted octanol–water partition coefficient (Wildman–Crippen LogP) is 6.68. The fourth-order valence-corrected chi connectivity index (χ4v) is 4.20. The highest BCUT2D eigenvalue weighted by atomic mass is 35.5. The molecule has 1 atom stereocenters. The number of aromatic nitrogens is 2. The molecular formula is C26H19ClF2N4O2. The van der Waals surface area contributed by atoms with E-state index in [-0.39, 0.29) is 17.7 Å². The van der Waals surface area contributed by atoms with Crippen molar-refractivity contribution in [2.24, 2.45) is 0 Å². The number of aryl methyl sites for hydroxylation is 1. The zero-order chi connectivity index (χ0) is 24.7. The zero-order valence-corrected chi connectivity index (χ0v) is 19.5. The summed E-state index contributed by atoms with van der Waals surface area (Å²) in [6, 6.07) is 15.8. The van der Waals surface area contributed by atoms with Crippen molar-refractivity contribution in [3.05, 3.63) is 106 Å². The van der Waals surface area contributed by atoms with Crippen LogP contribution in [0.25, 0.3) is 17.0 Å².